The molecule has 31 heavy (non-hydrogen) atoms. The van der Waals surface area contributed by atoms with Gasteiger partial charge in [0.05, 0.1) is 6.54 Å². The first-order chi connectivity index (χ1) is 14.5. The van der Waals surface area contributed by atoms with Crippen molar-refractivity contribution in [2.45, 2.75) is 24.8 Å². The van der Waals surface area contributed by atoms with Crippen molar-refractivity contribution >= 4 is 11.9 Å². The summed E-state index contributed by atoms with van der Waals surface area (Å²) in [6.07, 6.45) is -4.60. The summed E-state index contributed by atoms with van der Waals surface area (Å²) in [6.45, 7) is 0.459. The number of halogens is 6. The summed E-state index contributed by atoms with van der Waals surface area (Å²) < 4.78 is 74.0. The van der Waals surface area contributed by atoms with Crippen LogP contribution >= 0.6 is 0 Å². The molecule has 1 amide bonds. The van der Waals surface area contributed by atoms with E-state index in [0.29, 0.717) is 6.54 Å². The number of hydrogen-bond donors (Lipinski definition) is 2. The standard InChI is InChI=1S/C16H17F3N4O.C2HF3O2/c1-20-8-11-7-10(17)9-22(11)16(24)14-5-6-23(21-14)15-12(18)3-2-4-13(15)19;3-2(4,5)1(6)7/h2-6,10-11,20H,7-9H2,1H3;(H,6,7)/t10-,11-;/m0./s1. The Morgan fingerprint density at radius 2 is 1.81 bits per heavy atom. The summed E-state index contributed by atoms with van der Waals surface area (Å²) in [5, 5.41) is 14.0. The van der Waals surface area contributed by atoms with E-state index in [4.69, 9.17) is 9.90 Å². The third-order valence-electron chi connectivity index (χ3n) is 4.28. The molecule has 0 radical (unpaired) electrons. The highest BCUT2D eigenvalue weighted by molar-refractivity contribution is 5.92. The van der Waals surface area contributed by atoms with Crippen LogP contribution in [0.2, 0.25) is 0 Å². The number of aliphatic carboxylic acids is 1. The molecule has 2 aromatic rings. The largest absolute Gasteiger partial charge is 0.490 e. The predicted octanol–water partition coefficient (Wildman–Crippen LogP) is 2.56. The van der Waals surface area contributed by atoms with Gasteiger partial charge in [-0.15, -0.1) is 0 Å². The van der Waals surface area contributed by atoms with Crippen LogP contribution in [0.3, 0.4) is 0 Å². The molecule has 1 saturated heterocycles. The molecule has 0 unspecified atom stereocenters. The van der Waals surface area contributed by atoms with E-state index in [0.717, 1.165) is 16.8 Å². The molecule has 2 atom stereocenters. The Balaban J connectivity index is 0.000000423. The van der Waals surface area contributed by atoms with Crippen molar-refractivity contribution in [2.24, 2.45) is 0 Å². The van der Waals surface area contributed by atoms with Gasteiger partial charge in [0.2, 0.25) is 0 Å². The van der Waals surface area contributed by atoms with Crippen LogP contribution in [-0.2, 0) is 4.79 Å². The lowest BCUT2D eigenvalue weighted by atomic mass is 10.2. The summed E-state index contributed by atoms with van der Waals surface area (Å²) in [5.74, 6) is -4.77. The number of carboxylic acid groups (broad SMARTS) is 1. The topological polar surface area (TPSA) is 87.5 Å². The van der Waals surface area contributed by atoms with Gasteiger partial charge in [0.1, 0.15) is 11.9 Å². The van der Waals surface area contributed by atoms with E-state index in [9.17, 15) is 31.1 Å². The van der Waals surface area contributed by atoms with Gasteiger partial charge >= 0.3 is 12.1 Å². The normalized spacial score (nSPS) is 18.5. The van der Waals surface area contributed by atoms with E-state index < -0.39 is 35.9 Å². The minimum atomic E-state index is -5.08. The van der Waals surface area contributed by atoms with Gasteiger partial charge in [0.25, 0.3) is 5.91 Å². The Labute approximate surface area is 172 Å². The van der Waals surface area contributed by atoms with Gasteiger partial charge in [-0.05, 0) is 25.2 Å². The van der Waals surface area contributed by atoms with Gasteiger partial charge < -0.3 is 15.3 Å². The van der Waals surface area contributed by atoms with E-state index in [1.54, 1.807) is 7.05 Å². The minimum Gasteiger partial charge on any atom is -0.475 e. The molecule has 1 fully saturated rings. The molecular formula is C18H18F6N4O3. The Morgan fingerprint density at radius 3 is 2.32 bits per heavy atom. The average molecular weight is 452 g/mol. The number of benzene rings is 1. The number of nitrogens with zero attached hydrogens (tertiary/aromatic N) is 3. The molecule has 170 valence electrons. The highest BCUT2D eigenvalue weighted by Crippen LogP contribution is 2.23. The number of aromatic nitrogens is 2. The first-order valence-corrected chi connectivity index (χ1v) is 8.85. The fourth-order valence-electron chi connectivity index (χ4n) is 2.95. The third-order valence-corrected chi connectivity index (χ3v) is 4.28. The Bertz CT molecular complexity index is 913. The highest BCUT2D eigenvalue weighted by Gasteiger charge is 2.38. The van der Waals surface area contributed by atoms with Crippen LogP contribution in [0.4, 0.5) is 26.3 Å². The van der Waals surface area contributed by atoms with E-state index in [1.807, 2.05) is 0 Å². The lowest BCUT2D eigenvalue weighted by Gasteiger charge is -2.23. The average Bonchev–Trinajstić information content (AvgIpc) is 3.28. The number of carbonyl (C=O) groups excluding carboxylic acids is 1. The van der Waals surface area contributed by atoms with Crippen molar-refractivity contribution < 1.29 is 41.0 Å². The van der Waals surface area contributed by atoms with E-state index >= 15 is 0 Å². The SMILES string of the molecule is CNC[C@@H]1C[C@H](F)CN1C(=O)c1ccn(-c2c(F)cccc2F)n1.O=C(O)C(F)(F)F. The fraction of sp³-hybridized carbons (Fsp3) is 0.389. The second-order valence-electron chi connectivity index (χ2n) is 6.52. The zero-order valence-corrected chi connectivity index (χ0v) is 16.0. The van der Waals surface area contributed by atoms with Crippen molar-refractivity contribution in [3.05, 3.63) is 47.8 Å². The number of rotatable bonds is 4. The van der Waals surface area contributed by atoms with Gasteiger partial charge in [-0.1, -0.05) is 6.07 Å². The maximum Gasteiger partial charge on any atom is 0.490 e. The molecule has 0 aliphatic carbocycles. The van der Waals surface area contributed by atoms with Crippen molar-refractivity contribution in [3.8, 4) is 5.69 Å². The van der Waals surface area contributed by atoms with Crippen molar-refractivity contribution in [1.82, 2.24) is 20.0 Å². The van der Waals surface area contributed by atoms with Crippen LogP contribution in [0.15, 0.2) is 30.5 Å². The van der Waals surface area contributed by atoms with Crippen LogP contribution in [0, 0.1) is 11.6 Å². The number of carbonyl (C=O) groups is 2. The second kappa shape index (κ2) is 9.81. The first-order valence-electron chi connectivity index (χ1n) is 8.85. The molecule has 3 rings (SSSR count). The van der Waals surface area contributed by atoms with Crippen LogP contribution in [0.5, 0.6) is 0 Å². The molecule has 13 heteroatoms. The van der Waals surface area contributed by atoms with Crippen LogP contribution in [0.25, 0.3) is 5.69 Å². The van der Waals surface area contributed by atoms with Crippen molar-refractivity contribution in [1.29, 1.82) is 0 Å². The Kier molecular flexibility index (Phi) is 7.65. The fourth-order valence-corrected chi connectivity index (χ4v) is 2.95. The summed E-state index contributed by atoms with van der Waals surface area (Å²) in [5.41, 5.74) is -0.332. The van der Waals surface area contributed by atoms with E-state index in [-0.39, 0.29) is 30.4 Å². The van der Waals surface area contributed by atoms with Crippen molar-refractivity contribution in [2.75, 3.05) is 20.1 Å². The number of amides is 1. The molecule has 1 aromatic carbocycles. The van der Waals surface area contributed by atoms with Gasteiger partial charge in [-0.25, -0.2) is 22.6 Å². The molecule has 0 saturated carbocycles. The summed E-state index contributed by atoms with van der Waals surface area (Å²) in [6, 6.07) is 4.57. The number of para-hydroxylation sites is 1. The monoisotopic (exact) mass is 452 g/mol. The molecule has 2 N–H and O–H groups in total. The van der Waals surface area contributed by atoms with Gasteiger partial charge in [-0.2, -0.15) is 18.3 Å². The number of nitrogens with one attached hydrogen (secondary N) is 1. The number of hydrogen-bond acceptors (Lipinski definition) is 4. The lowest BCUT2D eigenvalue weighted by molar-refractivity contribution is -0.192. The summed E-state index contributed by atoms with van der Waals surface area (Å²) in [4.78, 5) is 22.9. The number of alkyl halides is 4. The molecular weight excluding hydrogens is 434 g/mol. The third kappa shape index (κ3) is 5.96. The van der Waals surface area contributed by atoms with Gasteiger partial charge in [-0.3, -0.25) is 4.79 Å². The first kappa shape index (κ1) is 24.2. The molecule has 1 aliphatic heterocycles. The maximum atomic E-state index is 13.8. The lowest BCUT2D eigenvalue weighted by Crippen LogP contribution is -2.41. The van der Waals surface area contributed by atoms with Crippen molar-refractivity contribution in [3.63, 3.8) is 0 Å². The molecule has 7 nitrogen and oxygen atoms in total. The van der Waals surface area contributed by atoms with E-state index in [2.05, 4.69) is 10.4 Å². The molecule has 0 bridgehead atoms. The zero-order chi connectivity index (χ0) is 23.3. The van der Waals surface area contributed by atoms with Crippen LogP contribution in [0.1, 0.15) is 16.9 Å². The highest BCUT2D eigenvalue weighted by atomic mass is 19.4. The number of likely N-dealkylation sites (N-methyl/N-ethyl adjacent to an activating group) is 1. The molecule has 0 spiro atoms. The zero-order valence-electron chi connectivity index (χ0n) is 16.0. The van der Waals surface area contributed by atoms with Crippen LogP contribution in [-0.4, -0.2) is 70.2 Å². The molecule has 1 aliphatic rings. The maximum absolute atomic E-state index is 13.8. The minimum absolute atomic E-state index is 0.00784. The quantitative estimate of drug-likeness (QED) is 0.697. The summed E-state index contributed by atoms with van der Waals surface area (Å²) in [7, 11) is 1.73. The number of carboxylic acids is 1. The molecule has 2 heterocycles. The van der Waals surface area contributed by atoms with E-state index in [1.165, 1.54) is 23.2 Å². The predicted molar refractivity (Wildman–Crippen MR) is 95.4 cm³/mol. The number of likely N-dealkylation sites (tertiary alicyclic amines) is 1. The van der Waals surface area contributed by atoms with Gasteiger partial charge in [0.15, 0.2) is 17.3 Å². The smallest absolute Gasteiger partial charge is 0.475 e. The van der Waals surface area contributed by atoms with Crippen LogP contribution < -0.4 is 5.32 Å². The Morgan fingerprint density at radius 1 is 1.23 bits per heavy atom. The summed E-state index contributed by atoms with van der Waals surface area (Å²) >= 11 is 0. The van der Waals surface area contributed by atoms with Gasteiger partial charge in [0, 0.05) is 25.2 Å². The Hall–Kier alpha value is -3.09. The molecule has 1 aromatic heterocycles. The second-order valence-corrected chi connectivity index (χ2v) is 6.52.